The molecule has 108 valence electrons. The Morgan fingerprint density at radius 3 is 2.75 bits per heavy atom. The molecule has 0 aliphatic carbocycles. The summed E-state index contributed by atoms with van der Waals surface area (Å²) in [5.41, 5.74) is 0.655. The number of morpholine rings is 1. The van der Waals surface area contributed by atoms with Gasteiger partial charge < -0.3 is 15.2 Å². The lowest BCUT2D eigenvalue weighted by atomic mass is 10.2. The van der Waals surface area contributed by atoms with E-state index in [4.69, 9.17) is 21.4 Å². The molecular formula is C13H15ClN2O4. The lowest BCUT2D eigenvalue weighted by molar-refractivity contribution is -0.156. The maximum absolute atomic E-state index is 11.9. The standard InChI is InChI=1S/C13H15ClN2O4/c14-9-1-3-10(4-2-9)15-12(17)8-16-5-6-20-11(7-16)13(18)19/h1-4,11H,5-8H2,(H,15,17)(H,18,19). The summed E-state index contributed by atoms with van der Waals surface area (Å²) in [7, 11) is 0. The number of hydrogen-bond donors (Lipinski definition) is 2. The number of halogens is 1. The van der Waals surface area contributed by atoms with Gasteiger partial charge in [0, 0.05) is 23.8 Å². The average molecular weight is 299 g/mol. The molecule has 20 heavy (non-hydrogen) atoms. The van der Waals surface area contributed by atoms with Crippen LogP contribution in [-0.2, 0) is 14.3 Å². The normalized spacial score (nSPS) is 19.6. The van der Waals surface area contributed by atoms with Gasteiger partial charge in [-0.3, -0.25) is 9.69 Å². The number of benzene rings is 1. The van der Waals surface area contributed by atoms with Crippen LogP contribution in [0.25, 0.3) is 0 Å². The van der Waals surface area contributed by atoms with Crippen LogP contribution in [0.2, 0.25) is 5.02 Å². The zero-order valence-electron chi connectivity index (χ0n) is 10.7. The summed E-state index contributed by atoms with van der Waals surface area (Å²) < 4.78 is 5.10. The molecule has 1 aromatic rings. The quantitative estimate of drug-likeness (QED) is 0.869. The second-order valence-electron chi connectivity index (χ2n) is 4.49. The van der Waals surface area contributed by atoms with Gasteiger partial charge in [0.2, 0.25) is 5.91 Å². The van der Waals surface area contributed by atoms with Gasteiger partial charge in [0.25, 0.3) is 0 Å². The first kappa shape index (κ1) is 14.8. The Morgan fingerprint density at radius 2 is 2.10 bits per heavy atom. The van der Waals surface area contributed by atoms with Crippen LogP contribution in [0.15, 0.2) is 24.3 Å². The van der Waals surface area contributed by atoms with Crippen LogP contribution in [0.3, 0.4) is 0 Å². The molecule has 0 saturated carbocycles. The summed E-state index contributed by atoms with van der Waals surface area (Å²) in [6.07, 6.45) is -0.868. The second-order valence-corrected chi connectivity index (χ2v) is 4.92. The van der Waals surface area contributed by atoms with Crippen molar-refractivity contribution >= 4 is 29.2 Å². The van der Waals surface area contributed by atoms with Crippen molar-refractivity contribution in [1.82, 2.24) is 4.90 Å². The summed E-state index contributed by atoms with van der Waals surface area (Å²) >= 11 is 5.76. The molecule has 2 N–H and O–H groups in total. The topological polar surface area (TPSA) is 78.9 Å². The molecule has 1 aliphatic heterocycles. The van der Waals surface area contributed by atoms with Crippen LogP contribution in [0.1, 0.15) is 0 Å². The number of hydrogen-bond acceptors (Lipinski definition) is 4. The molecule has 1 saturated heterocycles. The minimum atomic E-state index is -1.01. The first-order valence-electron chi connectivity index (χ1n) is 6.17. The van der Waals surface area contributed by atoms with E-state index in [1.807, 2.05) is 0 Å². The third kappa shape index (κ3) is 4.19. The van der Waals surface area contributed by atoms with Crippen LogP contribution in [0.4, 0.5) is 5.69 Å². The number of ether oxygens (including phenoxy) is 1. The van der Waals surface area contributed by atoms with Crippen molar-refractivity contribution in [2.75, 3.05) is 31.6 Å². The molecule has 0 radical (unpaired) electrons. The first-order chi connectivity index (χ1) is 9.54. The van der Waals surface area contributed by atoms with Gasteiger partial charge in [0.05, 0.1) is 13.2 Å². The van der Waals surface area contributed by atoms with E-state index in [2.05, 4.69) is 5.32 Å². The number of carbonyl (C=O) groups is 2. The average Bonchev–Trinajstić information content (AvgIpc) is 2.41. The van der Waals surface area contributed by atoms with Crippen molar-refractivity contribution in [3.05, 3.63) is 29.3 Å². The van der Waals surface area contributed by atoms with Gasteiger partial charge in [-0.1, -0.05) is 11.6 Å². The molecule has 1 heterocycles. The molecule has 0 bridgehead atoms. The molecule has 1 unspecified atom stereocenters. The van der Waals surface area contributed by atoms with Crippen LogP contribution >= 0.6 is 11.6 Å². The summed E-state index contributed by atoms with van der Waals surface area (Å²) in [6, 6.07) is 6.79. The van der Waals surface area contributed by atoms with E-state index in [-0.39, 0.29) is 19.0 Å². The number of amides is 1. The van der Waals surface area contributed by atoms with Gasteiger partial charge >= 0.3 is 5.97 Å². The lowest BCUT2D eigenvalue weighted by Crippen LogP contribution is -2.48. The SMILES string of the molecule is O=C(CN1CCOC(C(=O)O)C1)Nc1ccc(Cl)cc1. The second kappa shape index (κ2) is 6.69. The predicted molar refractivity (Wildman–Crippen MR) is 73.9 cm³/mol. The monoisotopic (exact) mass is 298 g/mol. The molecule has 2 rings (SSSR count). The maximum atomic E-state index is 11.9. The molecule has 1 aromatic carbocycles. The Bertz CT molecular complexity index is 492. The van der Waals surface area contributed by atoms with Gasteiger partial charge in [0.15, 0.2) is 6.10 Å². The van der Waals surface area contributed by atoms with Crippen molar-refractivity contribution in [1.29, 1.82) is 0 Å². The van der Waals surface area contributed by atoms with Gasteiger partial charge in [-0.25, -0.2) is 4.79 Å². The van der Waals surface area contributed by atoms with E-state index < -0.39 is 12.1 Å². The summed E-state index contributed by atoms with van der Waals surface area (Å²) in [5, 5.41) is 12.2. The Hall–Kier alpha value is -1.63. The molecule has 1 fully saturated rings. The minimum absolute atomic E-state index is 0.135. The molecule has 1 aliphatic rings. The van der Waals surface area contributed by atoms with E-state index in [0.717, 1.165) is 0 Å². The van der Waals surface area contributed by atoms with E-state index in [1.54, 1.807) is 29.2 Å². The highest BCUT2D eigenvalue weighted by molar-refractivity contribution is 6.30. The maximum Gasteiger partial charge on any atom is 0.334 e. The number of rotatable bonds is 4. The minimum Gasteiger partial charge on any atom is -0.479 e. The van der Waals surface area contributed by atoms with Crippen molar-refractivity contribution in [2.45, 2.75) is 6.10 Å². The number of aliphatic carboxylic acids is 1. The Morgan fingerprint density at radius 1 is 1.40 bits per heavy atom. The predicted octanol–water partition coefficient (Wildman–Crippen LogP) is 1.06. The molecule has 7 heteroatoms. The highest BCUT2D eigenvalue weighted by Crippen LogP contribution is 2.13. The van der Waals surface area contributed by atoms with Gasteiger partial charge in [0.1, 0.15) is 0 Å². The van der Waals surface area contributed by atoms with Crippen LogP contribution < -0.4 is 5.32 Å². The van der Waals surface area contributed by atoms with Crippen molar-refractivity contribution in [3.63, 3.8) is 0 Å². The van der Waals surface area contributed by atoms with E-state index in [0.29, 0.717) is 23.9 Å². The van der Waals surface area contributed by atoms with Crippen molar-refractivity contribution in [3.8, 4) is 0 Å². The summed E-state index contributed by atoms with van der Waals surface area (Å²) in [5.74, 6) is -1.20. The fraction of sp³-hybridized carbons (Fsp3) is 0.385. The Kier molecular flexibility index (Phi) is 4.94. The fourth-order valence-electron chi connectivity index (χ4n) is 1.93. The lowest BCUT2D eigenvalue weighted by Gasteiger charge is -2.30. The summed E-state index contributed by atoms with van der Waals surface area (Å²) in [6.45, 7) is 1.20. The Labute approximate surface area is 121 Å². The zero-order valence-corrected chi connectivity index (χ0v) is 11.5. The van der Waals surface area contributed by atoms with Crippen LogP contribution in [0.5, 0.6) is 0 Å². The molecular weight excluding hydrogens is 284 g/mol. The summed E-state index contributed by atoms with van der Waals surface area (Å²) in [4.78, 5) is 24.5. The molecule has 0 spiro atoms. The van der Waals surface area contributed by atoms with Crippen LogP contribution in [-0.4, -0.2) is 54.2 Å². The van der Waals surface area contributed by atoms with Gasteiger partial charge in [-0.2, -0.15) is 0 Å². The van der Waals surface area contributed by atoms with Crippen molar-refractivity contribution < 1.29 is 19.4 Å². The highest BCUT2D eigenvalue weighted by atomic mass is 35.5. The number of carboxylic acid groups (broad SMARTS) is 1. The third-order valence-electron chi connectivity index (χ3n) is 2.92. The largest absolute Gasteiger partial charge is 0.479 e. The molecule has 6 nitrogen and oxygen atoms in total. The number of carboxylic acids is 1. The first-order valence-corrected chi connectivity index (χ1v) is 6.54. The van der Waals surface area contributed by atoms with E-state index in [1.165, 1.54) is 0 Å². The molecule has 1 amide bonds. The van der Waals surface area contributed by atoms with Gasteiger partial charge in [-0.05, 0) is 24.3 Å². The third-order valence-corrected chi connectivity index (χ3v) is 3.17. The van der Waals surface area contributed by atoms with Crippen molar-refractivity contribution in [2.24, 2.45) is 0 Å². The number of nitrogens with zero attached hydrogens (tertiary/aromatic N) is 1. The number of anilines is 1. The van der Waals surface area contributed by atoms with E-state index in [9.17, 15) is 9.59 Å². The smallest absolute Gasteiger partial charge is 0.334 e. The van der Waals surface area contributed by atoms with Crippen LogP contribution in [0, 0.1) is 0 Å². The Balaban J connectivity index is 1.85. The number of nitrogens with one attached hydrogen (secondary N) is 1. The molecule has 1 atom stereocenters. The highest BCUT2D eigenvalue weighted by Gasteiger charge is 2.27. The number of carbonyl (C=O) groups excluding carboxylic acids is 1. The van der Waals surface area contributed by atoms with Gasteiger partial charge in [-0.15, -0.1) is 0 Å². The van der Waals surface area contributed by atoms with E-state index >= 15 is 0 Å². The molecule has 0 aromatic heterocycles. The fourth-order valence-corrected chi connectivity index (χ4v) is 2.06. The zero-order chi connectivity index (χ0) is 14.5.